The minimum absolute atomic E-state index is 0.0473. The van der Waals surface area contributed by atoms with E-state index in [1.54, 1.807) is 30.6 Å². The number of hydrogen-bond donors (Lipinski definition) is 3. The van der Waals surface area contributed by atoms with Crippen LogP contribution in [-0.4, -0.2) is 27.6 Å². The Bertz CT molecular complexity index is 1100. The van der Waals surface area contributed by atoms with Crippen molar-refractivity contribution in [2.24, 2.45) is 0 Å². The molecule has 0 fully saturated rings. The van der Waals surface area contributed by atoms with E-state index >= 15 is 0 Å². The van der Waals surface area contributed by atoms with Crippen molar-refractivity contribution < 1.29 is 14.4 Å². The quantitative estimate of drug-likeness (QED) is 0.480. The van der Waals surface area contributed by atoms with Gasteiger partial charge in [0.1, 0.15) is 5.69 Å². The molecule has 3 N–H and O–H groups in total. The summed E-state index contributed by atoms with van der Waals surface area (Å²) in [6.07, 6.45) is 4.61. The minimum atomic E-state index is -0.259. The maximum Gasteiger partial charge on any atom is 0.268 e. The summed E-state index contributed by atoms with van der Waals surface area (Å²) in [7, 11) is 0. The normalized spacial score (nSPS) is 10.5. The molecule has 0 aliphatic carbocycles. The zero-order chi connectivity index (χ0) is 22.4. The van der Waals surface area contributed by atoms with E-state index in [2.05, 4.69) is 20.6 Å². The lowest BCUT2D eigenvalue weighted by molar-refractivity contribution is 0.0944. The number of carbonyl (C=O) groups excluding carboxylic acids is 3. The SMILES string of the molecule is CCCc1c(C(=O)NCc2cccc(NC(=O)c3ccncc3)c2)[nH]c(C)c1C(C)=O. The smallest absolute Gasteiger partial charge is 0.268 e. The second kappa shape index (κ2) is 9.84. The van der Waals surface area contributed by atoms with Gasteiger partial charge >= 0.3 is 0 Å². The molecule has 0 saturated heterocycles. The van der Waals surface area contributed by atoms with E-state index in [4.69, 9.17) is 0 Å². The summed E-state index contributed by atoms with van der Waals surface area (Å²) in [4.78, 5) is 44.1. The lowest BCUT2D eigenvalue weighted by Gasteiger charge is -2.09. The molecule has 0 radical (unpaired) electrons. The molecule has 0 saturated carbocycles. The molecule has 7 nitrogen and oxygen atoms in total. The van der Waals surface area contributed by atoms with Gasteiger partial charge in [-0.1, -0.05) is 25.5 Å². The highest BCUT2D eigenvalue weighted by molar-refractivity contribution is 6.04. The first-order valence-electron chi connectivity index (χ1n) is 10.2. The molecule has 2 heterocycles. The molecule has 2 amide bonds. The van der Waals surface area contributed by atoms with Crippen molar-refractivity contribution in [2.45, 2.75) is 40.2 Å². The predicted octanol–water partition coefficient (Wildman–Crippen LogP) is 4.06. The summed E-state index contributed by atoms with van der Waals surface area (Å²) in [5, 5.41) is 5.75. The average Bonchev–Trinajstić information content (AvgIpc) is 3.09. The number of aromatic nitrogens is 2. The van der Waals surface area contributed by atoms with Gasteiger partial charge in [-0.15, -0.1) is 0 Å². The highest BCUT2D eigenvalue weighted by atomic mass is 16.2. The molecular formula is C24H26N4O3. The van der Waals surface area contributed by atoms with E-state index in [-0.39, 0.29) is 24.1 Å². The van der Waals surface area contributed by atoms with Crippen LogP contribution in [-0.2, 0) is 13.0 Å². The van der Waals surface area contributed by atoms with E-state index in [1.807, 2.05) is 32.0 Å². The Hall–Kier alpha value is -3.74. The number of aromatic amines is 1. The van der Waals surface area contributed by atoms with Gasteiger partial charge in [-0.25, -0.2) is 0 Å². The van der Waals surface area contributed by atoms with Crippen LogP contribution in [0.25, 0.3) is 0 Å². The predicted molar refractivity (Wildman–Crippen MR) is 119 cm³/mol. The van der Waals surface area contributed by atoms with Crippen LogP contribution < -0.4 is 10.6 Å². The molecule has 31 heavy (non-hydrogen) atoms. The summed E-state index contributed by atoms with van der Waals surface area (Å²) in [6, 6.07) is 10.6. The number of carbonyl (C=O) groups is 3. The van der Waals surface area contributed by atoms with Gasteiger partial charge in [-0.05, 0) is 55.7 Å². The number of aryl methyl sites for hydroxylation is 1. The number of anilines is 1. The third-order valence-corrected chi connectivity index (χ3v) is 4.95. The van der Waals surface area contributed by atoms with Crippen molar-refractivity contribution in [3.63, 3.8) is 0 Å². The van der Waals surface area contributed by atoms with Crippen molar-refractivity contribution in [2.75, 3.05) is 5.32 Å². The van der Waals surface area contributed by atoms with E-state index in [9.17, 15) is 14.4 Å². The van der Waals surface area contributed by atoms with Gasteiger partial charge < -0.3 is 15.6 Å². The lowest BCUT2D eigenvalue weighted by Crippen LogP contribution is -2.24. The monoisotopic (exact) mass is 418 g/mol. The van der Waals surface area contributed by atoms with Crippen LogP contribution in [0.5, 0.6) is 0 Å². The van der Waals surface area contributed by atoms with E-state index in [0.29, 0.717) is 34.6 Å². The van der Waals surface area contributed by atoms with Crippen LogP contribution in [0.3, 0.4) is 0 Å². The number of ketones is 1. The maximum absolute atomic E-state index is 12.8. The molecule has 1 aromatic carbocycles. The molecule has 0 bridgehead atoms. The standard InChI is InChI=1S/C24H26N4O3/c1-4-6-20-21(16(3)29)15(2)27-22(20)24(31)26-14-17-7-5-8-19(13-17)28-23(30)18-9-11-25-12-10-18/h5,7-13,27H,4,6,14H2,1-3H3,(H,26,31)(H,28,30). The zero-order valence-corrected chi connectivity index (χ0v) is 17.9. The van der Waals surface area contributed by atoms with Gasteiger partial charge in [0.25, 0.3) is 11.8 Å². The fourth-order valence-corrected chi connectivity index (χ4v) is 3.58. The molecule has 0 aliphatic heterocycles. The van der Waals surface area contributed by atoms with Gasteiger partial charge in [-0.3, -0.25) is 19.4 Å². The van der Waals surface area contributed by atoms with Crippen molar-refractivity contribution in [1.29, 1.82) is 0 Å². The molecule has 0 atom stereocenters. The van der Waals surface area contributed by atoms with Crippen LogP contribution in [0.4, 0.5) is 5.69 Å². The largest absolute Gasteiger partial charge is 0.354 e. The Kier molecular flexibility index (Phi) is 6.97. The number of nitrogens with one attached hydrogen (secondary N) is 3. The molecule has 3 aromatic rings. The first-order chi connectivity index (χ1) is 14.9. The number of pyridine rings is 1. The molecule has 0 unspecified atom stereocenters. The van der Waals surface area contributed by atoms with Gasteiger partial charge in [0, 0.05) is 41.4 Å². The second-order valence-electron chi connectivity index (χ2n) is 7.36. The summed E-state index contributed by atoms with van der Waals surface area (Å²) in [5.74, 6) is -0.536. The van der Waals surface area contributed by atoms with E-state index < -0.39 is 0 Å². The molecule has 160 valence electrons. The number of rotatable bonds is 8. The first kappa shape index (κ1) is 22.0. The number of amides is 2. The van der Waals surface area contributed by atoms with Gasteiger partial charge in [0.15, 0.2) is 5.78 Å². The minimum Gasteiger partial charge on any atom is -0.354 e. The third-order valence-electron chi connectivity index (χ3n) is 4.95. The first-order valence-corrected chi connectivity index (χ1v) is 10.2. The Morgan fingerprint density at radius 2 is 1.81 bits per heavy atom. The Morgan fingerprint density at radius 1 is 1.06 bits per heavy atom. The Morgan fingerprint density at radius 3 is 2.48 bits per heavy atom. The van der Waals surface area contributed by atoms with Gasteiger partial charge in [0.05, 0.1) is 0 Å². The topological polar surface area (TPSA) is 104 Å². The van der Waals surface area contributed by atoms with E-state index in [1.165, 1.54) is 6.92 Å². The second-order valence-corrected chi connectivity index (χ2v) is 7.36. The van der Waals surface area contributed by atoms with Crippen molar-refractivity contribution in [3.05, 3.63) is 82.4 Å². The average molecular weight is 418 g/mol. The third kappa shape index (κ3) is 5.25. The number of nitrogens with zero attached hydrogens (tertiary/aromatic N) is 1. The number of H-pyrrole nitrogens is 1. The van der Waals surface area contributed by atoms with Crippen molar-refractivity contribution in [3.8, 4) is 0 Å². The number of Topliss-reactive ketones (excluding diaryl/α,β-unsaturated/α-hetero) is 1. The highest BCUT2D eigenvalue weighted by Crippen LogP contribution is 2.21. The molecular weight excluding hydrogens is 392 g/mol. The highest BCUT2D eigenvalue weighted by Gasteiger charge is 2.22. The molecule has 7 heteroatoms. The molecule has 2 aromatic heterocycles. The van der Waals surface area contributed by atoms with Crippen molar-refractivity contribution >= 4 is 23.3 Å². The number of benzene rings is 1. The zero-order valence-electron chi connectivity index (χ0n) is 17.9. The van der Waals surface area contributed by atoms with Crippen LogP contribution in [0.2, 0.25) is 0 Å². The Labute approximate surface area is 181 Å². The van der Waals surface area contributed by atoms with Gasteiger partial charge in [-0.2, -0.15) is 0 Å². The Balaban J connectivity index is 1.70. The summed E-state index contributed by atoms with van der Waals surface area (Å²) >= 11 is 0. The molecule has 0 spiro atoms. The summed E-state index contributed by atoms with van der Waals surface area (Å²) in [5.41, 5.74) is 4.51. The number of hydrogen-bond acceptors (Lipinski definition) is 4. The molecule has 3 rings (SSSR count). The molecule has 0 aliphatic rings. The maximum atomic E-state index is 12.8. The van der Waals surface area contributed by atoms with Crippen LogP contribution >= 0.6 is 0 Å². The van der Waals surface area contributed by atoms with Crippen LogP contribution in [0, 0.1) is 6.92 Å². The summed E-state index contributed by atoms with van der Waals surface area (Å²) in [6.45, 7) is 5.63. The van der Waals surface area contributed by atoms with Crippen molar-refractivity contribution in [1.82, 2.24) is 15.3 Å². The van der Waals surface area contributed by atoms with Crippen LogP contribution in [0.1, 0.15) is 68.3 Å². The summed E-state index contributed by atoms with van der Waals surface area (Å²) < 4.78 is 0. The fourth-order valence-electron chi connectivity index (χ4n) is 3.58. The fraction of sp³-hybridized carbons (Fsp3) is 0.250. The van der Waals surface area contributed by atoms with Gasteiger partial charge in [0.2, 0.25) is 0 Å². The lowest BCUT2D eigenvalue weighted by atomic mass is 10.0. The van der Waals surface area contributed by atoms with E-state index in [0.717, 1.165) is 17.5 Å². The van der Waals surface area contributed by atoms with Crippen LogP contribution in [0.15, 0.2) is 48.8 Å².